The lowest BCUT2D eigenvalue weighted by molar-refractivity contribution is 0.251. The first-order valence-corrected chi connectivity index (χ1v) is 5.96. The van der Waals surface area contributed by atoms with Gasteiger partial charge in [0.25, 0.3) is 0 Å². The van der Waals surface area contributed by atoms with Gasteiger partial charge in [0.05, 0.1) is 0 Å². The van der Waals surface area contributed by atoms with Crippen LogP contribution < -0.4 is 0 Å². The van der Waals surface area contributed by atoms with Gasteiger partial charge in [0.1, 0.15) is 0 Å². The largest absolute Gasteiger partial charge is 0.304 e. The van der Waals surface area contributed by atoms with E-state index >= 15 is 0 Å². The molecule has 0 bridgehead atoms. The molecule has 0 N–H and O–H groups in total. The van der Waals surface area contributed by atoms with Crippen molar-refractivity contribution in [3.63, 3.8) is 0 Å². The molecule has 0 fully saturated rings. The van der Waals surface area contributed by atoms with E-state index in [1.54, 1.807) is 0 Å². The monoisotopic (exact) mass is 185 g/mol. The van der Waals surface area contributed by atoms with Crippen LogP contribution in [0.25, 0.3) is 0 Å². The maximum Gasteiger partial charge on any atom is 0.000679 e. The van der Waals surface area contributed by atoms with E-state index in [0.29, 0.717) is 0 Å². The van der Waals surface area contributed by atoms with Crippen LogP contribution in [-0.2, 0) is 0 Å². The lowest BCUT2D eigenvalue weighted by atomic mass is 10.0. The Labute approximate surface area is 84.5 Å². The van der Waals surface area contributed by atoms with Gasteiger partial charge in [-0.05, 0) is 25.4 Å². The fourth-order valence-corrected chi connectivity index (χ4v) is 1.76. The maximum absolute atomic E-state index is 2.52. The Morgan fingerprint density at radius 1 is 1.00 bits per heavy atom. The van der Waals surface area contributed by atoms with Gasteiger partial charge < -0.3 is 4.90 Å². The first-order chi connectivity index (χ1) is 6.24. The van der Waals surface area contributed by atoms with Gasteiger partial charge in [-0.25, -0.2) is 0 Å². The van der Waals surface area contributed by atoms with Gasteiger partial charge in [0.15, 0.2) is 0 Å². The molecule has 0 aliphatic carbocycles. The molecule has 80 valence electrons. The summed E-state index contributed by atoms with van der Waals surface area (Å²) in [4.78, 5) is 2.52. The molecule has 13 heavy (non-hydrogen) atoms. The van der Waals surface area contributed by atoms with E-state index in [9.17, 15) is 0 Å². The number of unbranched alkanes of at least 4 members (excludes halogenated alkanes) is 2. The van der Waals surface area contributed by atoms with Crippen molar-refractivity contribution in [1.29, 1.82) is 0 Å². The van der Waals surface area contributed by atoms with Gasteiger partial charge in [-0.1, -0.05) is 47.0 Å². The normalized spacial score (nSPS) is 13.6. The van der Waals surface area contributed by atoms with Crippen LogP contribution in [0.15, 0.2) is 0 Å². The summed E-state index contributed by atoms with van der Waals surface area (Å²) in [5.41, 5.74) is 0. The van der Waals surface area contributed by atoms with E-state index < -0.39 is 0 Å². The third-order valence-corrected chi connectivity index (χ3v) is 2.76. The summed E-state index contributed by atoms with van der Waals surface area (Å²) in [5.74, 6) is 0.881. The highest BCUT2D eigenvalue weighted by atomic mass is 15.1. The summed E-state index contributed by atoms with van der Waals surface area (Å²) in [6.45, 7) is 12.9. The fraction of sp³-hybridized carbons (Fsp3) is 1.00. The van der Waals surface area contributed by atoms with E-state index in [2.05, 4.69) is 32.6 Å². The third-order valence-electron chi connectivity index (χ3n) is 2.76. The molecule has 1 nitrogen and oxygen atoms in total. The van der Waals surface area contributed by atoms with Crippen LogP contribution in [-0.4, -0.2) is 24.5 Å². The number of nitrogens with zero attached hydrogens (tertiary/aromatic N) is 1. The van der Waals surface area contributed by atoms with Crippen LogP contribution in [0.3, 0.4) is 0 Å². The SMILES string of the molecule is CCCCCC(C)CN(CC)CC. The summed E-state index contributed by atoms with van der Waals surface area (Å²) in [7, 11) is 0. The second kappa shape index (κ2) is 8.55. The summed E-state index contributed by atoms with van der Waals surface area (Å²) < 4.78 is 0. The highest BCUT2D eigenvalue weighted by molar-refractivity contribution is 4.60. The molecule has 0 aromatic heterocycles. The Hall–Kier alpha value is -0.0400. The molecule has 0 aromatic carbocycles. The first-order valence-electron chi connectivity index (χ1n) is 5.96. The Balaban J connectivity index is 3.42. The zero-order valence-corrected chi connectivity index (χ0v) is 9.97. The van der Waals surface area contributed by atoms with Crippen molar-refractivity contribution in [2.45, 2.75) is 53.4 Å². The Kier molecular flexibility index (Phi) is 8.53. The third kappa shape index (κ3) is 7.06. The van der Waals surface area contributed by atoms with Crippen molar-refractivity contribution in [3.05, 3.63) is 0 Å². The molecule has 1 atom stereocenters. The van der Waals surface area contributed by atoms with Crippen LogP contribution in [0.1, 0.15) is 53.4 Å². The molecular weight excluding hydrogens is 158 g/mol. The Morgan fingerprint density at radius 3 is 2.08 bits per heavy atom. The van der Waals surface area contributed by atoms with Gasteiger partial charge in [-0.15, -0.1) is 0 Å². The van der Waals surface area contributed by atoms with Crippen LogP contribution in [0.4, 0.5) is 0 Å². The van der Waals surface area contributed by atoms with Crippen molar-refractivity contribution in [2.24, 2.45) is 5.92 Å². The van der Waals surface area contributed by atoms with Gasteiger partial charge in [-0.2, -0.15) is 0 Å². The summed E-state index contributed by atoms with van der Waals surface area (Å²) >= 11 is 0. The number of rotatable bonds is 8. The molecule has 1 unspecified atom stereocenters. The molecule has 0 saturated heterocycles. The molecule has 0 radical (unpaired) electrons. The minimum absolute atomic E-state index is 0.881. The highest BCUT2D eigenvalue weighted by Gasteiger charge is 2.05. The van der Waals surface area contributed by atoms with Gasteiger partial charge in [0.2, 0.25) is 0 Å². The minimum atomic E-state index is 0.881. The standard InChI is InChI=1S/C12H27N/c1-5-8-9-10-12(4)11-13(6-2)7-3/h12H,5-11H2,1-4H3. The fourth-order valence-electron chi connectivity index (χ4n) is 1.76. The predicted octanol–water partition coefficient (Wildman–Crippen LogP) is 3.54. The van der Waals surface area contributed by atoms with Crippen LogP contribution in [0, 0.1) is 5.92 Å². The van der Waals surface area contributed by atoms with E-state index in [4.69, 9.17) is 0 Å². The molecule has 0 saturated carbocycles. The number of hydrogen-bond donors (Lipinski definition) is 0. The topological polar surface area (TPSA) is 3.24 Å². The van der Waals surface area contributed by atoms with Crippen LogP contribution in [0.5, 0.6) is 0 Å². The van der Waals surface area contributed by atoms with E-state index in [0.717, 1.165) is 5.92 Å². The summed E-state index contributed by atoms with van der Waals surface area (Å²) in [5, 5.41) is 0. The van der Waals surface area contributed by atoms with E-state index in [-0.39, 0.29) is 0 Å². The van der Waals surface area contributed by atoms with Gasteiger partial charge >= 0.3 is 0 Å². The Morgan fingerprint density at radius 2 is 1.62 bits per heavy atom. The molecule has 0 heterocycles. The second-order valence-electron chi connectivity index (χ2n) is 4.09. The smallest absolute Gasteiger partial charge is 0.000679 e. The van der Waals surface area contributed by atoms with Crippen molar-refractivity contribution in [1.82, 2.24) is 4.90 Å². The lowest BCUT2D eigenvalue weighted by Gasteiger charge is -2.22. The zero-order chi connectivity index (χ0) is 10.1. The highest BCUT2D eigenvalue weighted by Crippen LogP contribution is 2.10. The molecule has 0 aliphatic rings. The van der Waals surface area contributed by atoms with Crippen LogP contribution in [0.2, 0.25) is 0 Å². The van der Waals surface area contributed by atoms with Crippen LogP contribution >= 0.6 is 0 Å². The maximum atomic E-state index is 2.52. The zero-order valence-electron chi connectivity index (χ0n) is 9.97. The molecule has 0 spiro atoms. The average Bonchev–Trinajstić information content (AvgIpc) is 2.14. The summed E-state index contributed by atoms with van der Waals surface area (Å²) in [6.07, 6.45) is 5.57. The van der Waals surface area contributed by atoms with E-state index in [1.807, 2.05) is 0 Å². The number of hydrogen-bond acceptors (Lipinski definition) is 1. The van der Waals surface area contributed by atoms with Crippen molar-refractivity contribution >= 4 is 0 Å². The lowest BCUT2D eigenvalue weighted by Crippen LogP contribution is -2.28. The summed E-state index contributed by atoms with van der Waals surface area (Å²) in [6, 6.07) is 0. The molecular formula is C12H27N. The minimum Gasteiger partial charge on any atom is -0.304 e. The quantitative estimate of drug-likeness (QED) is 0.523. The second-order valence-corrected chi connectivity index (χ2v) is 4.09. The van der Waals surface area contributed by atoms with Gasteiger partial charge in [0, 0.05) is 6.54 Å². The van der Waals surface area contributed by atoms with Crippen molar-refractivity contribution in [3.8, 4) is 0 Å². The molecule has 0 amide bonds. The molecule has 0 rings (SSSR count). The molecule has 0 aliphatic heterocycles. The molecule has 0 aromatic rings. The van der Waals surface area contributed by atoms with E-state index in [1.165, 1.54) is 45.3 Å². The van der Waals surface area contributed by atoms with Crippen molar-refractivity contribution < 1.29 is 0 Å². The first kappa shape index (κ1) is 13.0. The Bertz CT molecular complexity index is 97.3. The molecule has 1 heteroatoms. The average molecular weight is 185 g/mol. The van der Waals surface area contributed by atoms with Gasteiger partial charge in [-0.3, -0.25) is 0 Å². The predicted molar refractivity (Wildman–Crippen MR) is 61.1 cm³/mol. The van der Waals surface area contributed by atoms with Crippen molar-refractivity contribution in [2.75, 3.05) is 19.6 Å².